The molecule has 6 heteroatoms. The van der Waals surface area contributed by atoms with Gasteiger partial charge in [0.1, 0.15) is 0 Å². The van der Waals surface area contributed by atoms with Gasteiger partial charge in [-0.3, -0.25) is 4.90 Å². The van der Waals surface area contributed by atoms with Crippen molar-refractivity contribution in [3.05, 3.63) is 35.1 Å². The molecule has 3 rings (SSSR count). The summed E-state index contributed by atoms with van der Waals surface area (Å²) in [4.78, 5) is 6.60. The van der Waals surface area contributed by atoms with Crippen LogP contribution in [0.4, 0.5) is 0 Å². The average molecular weight is 294 g/mol. The quantitative estimate of drug-likeness (QED) is 0.941. The molecule has 1 aliphatic rings. The fourth-order valence-corrected chi connectivity index (χ4v) is 2.56. The van der Waals surface area contributed by atoms with E-state index in [2.05, 4.69) is 15.0 Å². The number of aliphatic hydroxyl groups excluding tert-OH is 1. The van der Waals surface area contributed by atoms with E-state index in [1.165, 1.54) is 0 Å². The Morgan fingerprint density at radius 3 is 2.80 bits per heavy atom. The molecule has 1 saturated heterocycles. The largest absolute Gasteiger partial charge is 0.393 e. The Bertz CT molecular complexity index is 579. The molecule has 20 heavy (non-hydrogen) atoms. The van der Waals surface area contributed by atoms with Crippen LogP contribution in [0.3, 0.4) is 0 Å². The molecule has 1 N–H and O–H groups in total. The van der Waals surface area contributed by atoms with E-state index in [1.54, 1.807) is 6.07 Å². The van der Waals surface area contributed by atoms with Gasteiger partial charge in [-0.05, 0) is 25.0 Å². The first-order chi connectivity index (χ1) is 9.72. The van der Waals surface area contributed by atoms with E-state index in [4.69, 9.17) is 16.1 Å². The highest BCUT2D eigenvalue weighted by molar-refractivity contribution is 6.33. The molecule has 0 amide bonds. The van der Waals surface area contributed by atoms with Gasteiger partial charge in [-0.15, -0.1) is 0 Å². The average Bonchev–Trinajstić information content (AvgIpc) is 2.90. The van der Waals surface area contributed by atoms with Gasteiger partial charge in [0.05, 0.1) is 23.2 Å². The third-order valence-electron chi connectivity index (χ3n) is 3.49. The van der Waals surface area contributed by atoms with Crippen molar-refractivity contribution in [2.45, 2.75) is 25.5 Å². The topological polar surface area (TPSA) is 62.4 Å². The van der Waals surface area contributed by atoms with Crippen LogP contribution < -0.4 is 0 Å². The van der Waals surface area contributed by atoms with Crippen LogP contribution in [-0.2, 0) is 6.54 Å². The van der Waals surface area contributed by atoms with Crippen LogP contribution in [0.5, 0.6) is 0 Å². The number of aromatic nitrogens is 2. The SMILES string of the molecule is OC1CCN(Cc2noc(-c3ccccc3Cl)n2)CC1. The van der Waals surface area contributed by atoms with Gasteiger partial charge in [-0.25, -0.2) is 0 Å². The second kappa shape index (κ2) is 5.91. The van der Waals surface area contributed by atoms with Gasteiger partial charge in [0.25, 0.3) is 5.89 Å². The minimum atomic E-state index is -0.171. The van der Waals surface area contributed by atoms with Gasteiger partial charge in [0.2, 0.25) is 0 Å². The monoisotopic (exact) mass is 293 g/mol. The van der Waals surface area contributed by atoms with Gasteiger partial charge < -0.3 is 9.63 Å². The van der Waals surface area contributed by atoms with Crippen LogP contribution in [0.2, 0.25) is 5.02 Å². The van der Waals surface area contributed by atoms with E-state index in [0.717, 1.165) is 31.5 Å². The van der Waals surface area contributed by atoms with E-state index < -0.39 is 0 Å². The molecule has 1 fully saturated rings. The number of rotatable bonds is 3. The molecule has 1 aromatic heterocycles. The second-order valence-electron chi connectivity index (χ2n) is 5.00. The number of halogens is 1. The first kappa shape index (κ1) is 13.5. The lowest BCUT2D eigenvalue weighted by molar-refractivity contribution is 0.0777. The standard InChI is InChI=1S/C14H16ClN3O2/c15-12-4-2-1-3-11(12)14-16-13(17-20-14)9-18-7-5-10(19)6-8-18/h1-4,10,19H,5-9H2. The van der Waals surface area contributed by atoms with Crippen molar-refractivity contribution in [1.29, 1.82) is 0 Å². The predicted molar refractivity (Wildman–Crippen MR) is 75.3 cm³/mol. The van der Waals surface area contributed by atoms with Crippen molar-refractivity contribution >= 4 is 11.6 Å². The number of likely N-dealkylation sites (tertiary alicyclic amines) is 1. The summed E-state index contributed by atoms with van der Waals surface area (Å²) in [5.74, 6) is 1.10. The van der Waals surface area contributed by atoms with E-state index in [-0.39, 0.29) is 6.10 Å². The summed E-state index contributed by atoms with van der Waals surface area (Å²) in [6, 6.07) is 7.41. The number of piperidine rings is 1. The highest BCUT2D eigenvalue weighted by Crippen LogP contribution is 2.26. The zero-order valence-electron chi connectivity index (χ0n) is 11.0. The van der Waals surface area contributed by atoms with Crippen LogP contribution in [-0.4, -0.2) is 39.3 Å². The number of nitrogens with zero attached hydrogens (tertiary/aromatic N) is 3. The molecule has 1 aromatic carbocycles. The lowest BCUT2D eigenvalue weighted by Crippen LogP contribution is -2.35. The lowest BCUT2D eigenvalue weighted by Gasteiger charge is -2.28. The van der Waals surface area contributed by atoms with E-state index >= 15 is 0 Å². The molecule has 0 atom stereocenters. The molecular formula is C14H16ClN3O2. The first-order valence-electron chi connectivity index (χ1n) is 6.70. The summed E-state index contributed by atoms with van der Waals surface area (Å²) in [7, 11) is 0. The van der Waals surface area contributed by atoms with Crippen molar-refractivity contribution in [3.8, 4) is 11.5 Å². The highest BCUT2D eigenvalue weighted by atomic mass is 35.5. The summed E-state index contributed by atoms with van der Waals surface area (Å²) in [5, 5.41) is 14.1. The van der Waals surface area contributed by atoms with Gasteiger partial charge in [0.15, 0.2) is 5.82 Å². The Hall–Kier alpha value is -1.43. The Balaban J connectivity index is 1.70. The van der Waals surface area contributed by atoms with Crippen molar-refractivity contribution < 1.29 is 9.63 Å². The third kappa shape index (κ3) is 3.00. The van der Waals surface area contributed by atoms with Crippen LogP contribution in [0.25, 0.3) is 11.5 Å². The van der Waals surface area contributed by atoms with E-state index in [0.29, 0.717) is 23.3 Å². The molecular weight excluding hydrogens is 278 g/mol. The number of aliphatic hydroxyl groups is 1. The van der Waals surface area contributed by atoms with Crippen LogP contribution >= 0.6 is 11.6 Å². The molecule has 0 bridgehead atoms. The van der Waals surface area contributed by atoms with E-state index in [1.807, 2.05) is 18.2 Å². The second-order valence-corrected chi connectivity index (χ2v) is 5.41. The Kier molecular flexibility index (Phi) is 4.00. The van der Waals surface area contributed by atoms with Gasteiger partial charge >= 0.3 is 0 Å². The van der Waals surface area contributed by atoms with Crippen molar-refractivity contribution in [3.63, 3.8) is 0 Å². The van der Waals surface area contributed by atoms with Crippen LogP contribution in [0.15, 0.2) is 28.8 Å². The number of benzene rings is 1. The summed E-state index contributed by atoms with van der Waals surface area (Å²) in [6.07, 6.45) is 1.43. The minimum absolute atomic E-state index is 0.171. The summed E-state index contributed by atoms with van der Waals surface area (Å²) in [5.41, 5.74) is 0.752. The summed E-state index contributed by atoms with van der Waals surface area (Å²) in [6.45, 7) is 2.36. The normalized spacial score (nSPS) is 17.5. The first-order valence-corrected chi connectivity index (χ1v) is 7.08. The highest BCUT2D eigenvalue weighted by Gasteiger charge is 2.19. The van der Waals surface area contributed by atoms with Crippen molar-refractivity contribution in [2.24, 2.45) is 0 Å². The summed E-state index contributed by atoms with van der Waals surface area (Å²) < 4.78 is 5.27. The zero-order chi connectivity index (χ0) is 13.9. The molecule has 1 aliphatic heterocycles. The van der Waals surface area contributed by atoms with Gasteiger partial charge in [-0.1, -0.05) is 28.9 Å². The molecule has 2 aromatic rings. The van der Waals surface area contributed by atoms with Crippen LogP contribution in [0.1, 0.15) is 18.7 Å². The maximum Gasteiger partial charge on any atom is 0.259 e. The Morgan fingerprint density at radius 1 is 1.30 bits per heavy atom. The zero-order valence-corrected chi connectivity index (χ0v) is 11.8. The smallest absolute Gasteiger partial charge is 0.259 e. The molecule has 2 heterocycles. The van der Waals surface area contributed by atoms with Crippen molar-refractivity contribution in [1.82, 2.24) is 15.0 Å². The van der Waals surface area contributed by atoms with Crippen molar-refractivity contribution in [2.75, 3.05) is 13.1 Å². The molecule has 0 saturated carbocycles. The molecule has 0 radical (unpaired) electrons. The molecule has 0 spiro atoms. The fraction of sp³-hybridized carbons (Fsp3) is 0.429. The Morgan fingerprint density at radius 2 is 2.05 bits per heavy atom. The minimum Gasteiger partial charge on any atom is -0.393 e. The predicted octanol–water partition coefficient (Wildman–Crippen LogP) is 2.35. The molecule has 106 valence electrons. The fourth-order valence-electron chi connectivity index (χ4n) is 2.34. The molecule has 0 unspecified atom stereocenters. The van der Waals surface area contributed by atoms with Gasteiger partial charge in [0, 0.05) is 13.1 Å². The van der Waals surface area contributed by atoms with Gasteiger partial charge in [-0.2, -0.15) is 4.98 Å². The molecule has 5 nitrogen and oxygen atoms in total. The maximum absolute atomic E-state index is 9.49. The third-order valence-corrected chi connectivity index (χ3v) is 3.82. The van der Waals surface area contributed by atoms with E-state index in [9.17, 15) is 5.11 Å². The summed E-state index contributed by atoms with van der Waals surface area (Å²) >= 11 is 6.11. The van der Waals surface area contributed by atoms with Crippen LogP contribution in [0, 0.1) is 0 Å². The Labute approximate surface area is 122 Å². The number of hydrogen-bond donors (Lipinski definition) is 1. The maximum atomic E-state index is 9.49. The molecule has 0 aliphatic carbocycles. The number of hydrogen-bond acceptors (Lipinski definition) is 5. The lowest BCUT2D eigenvalue weighted by atomic mass is 10.1.